The first kappa shape index (κ1) is 17.8. The van der Waals surface area contributed by atoms with Gasteiger partial charge in [0.05, 0.1) is 31.5 Å². The van der Waals surface area contributed by atoms with Gasteiger partial charge in [0.2, 0.25) is 12.7 Å². The molecule has 2 aliphatic rings. The van der Waals surface area contributed by atoms with Crippen molar-refractivity contribution >= 4 is 5.91 Å². The molecule has 0 spiro atoms. The Hall–Kier alpha value is -3.22. The summed E-state index contributed by atoms with van der Waals surface area (Å²) >= 11 is 0. The van der Waals surface area contributed by atoms with Gasteiger partial charge in [0.1, 0.15) is 5.76 Å². The van der Waals surface area contributed by atoms with Gasteiger partial charge in [-0.2, -0.15) is 5.10 Å². The Morgan fingerprint density at radius 2 is 2.07 bits per heavy atom. The first-order valence-corrected chi connectivity index (χ1v) is 9.89. The van der Waals surface area contributed by atoms with Crippen LogP contribution < -0.4 is 9.47 Å². The minimum absolute atomic E-state index is 0.0256. The molecule has 0 fully saturated rings. The molecule has 0 bridgehead atoms. The number of carbonyl (C=O) groups excluding carboxylic acids is 1. The van der Waals surface area contributed by atoms with Crippen LogP contribution in [0.4, 0.5) is 0 Å². The number of nitrogens with zero attached hydrogens (tertiary/aromatic N) is 3. The summed E-state index contributed by atoms with van der Waals surface area (Å²) < 4.78 is 18.3. The van der Waals surface area contributed by atoms with Crippen LogP contribution in [0.3, 0.4) is 0 Å². The number of fused-ring (bicyclic) bond motifs is 2. The highest BCUT2D eigenvalue weighted by Gasteiger charge is 2.25. The average Bonchev–Trinajstić information content (AvgIpc) is 3.49. The number of benzene rings is 1. The number of hydrogen-bond acceptors (Lipinski definition) is 5. The van der Waals surface area contributed by atoms with Crippen LogP contribution in [0, 0.1) is 0 Å². The van der Waals surface area contributed by atoms with E-state index in [0.717, 1.165) is 42.0 Å². The minimum Gasteiger partial charge on any atom is -0.467 e. The van der Waals surface area contributed by atoms with E-state index in [1.807, 2.05) is 47.0 Å². The second-order valence-electron chi connectivity index (χ2n) is 7.54. The normalized spacial score (nSPS) is 14.2. The van der Waals surface area contributed by atoms with Gasteiger partial charge in [0.15, 0.2) is 11.5 Å². The maximum Gasteiger partial charge on any atom is 0.231 e. The third kappa shape index (κ3) is 3.48. The molecule has 5 rings (SSSR count). The van der Waals surface area contributed by atoms with E-state index in [4.69, 9.17) is 19.0 Å². The maximum absolute atomic E-state index is 13.2. The summed E-state index contributed by atoms with van der Waals surface area (Å²) in [6, 6.07) is 9.38. The lowest BCUT2D eigenvalue weighted by molar-refractivity contribution is -0.132. The minimum atomic E-state index is 0.0256. The average molecular weight is 393 g/mol. The van der Waals surface area contributed by atoms with Crippen molar-refractivity contribution < 1.29 is 18.7 Å². The van der Waals surface area contributed by atoms with E-state index in [0.29, 0.717) is 18.8 Å². The van der Waals surface area contributed by atoms with Crippen LogP contribution in [0.2, 0.25) is 0 Å². The molecular weight excluding hydrogens is 370 g/mol. The van der Waals surface area contributed by atoms with Crippen molar-refractivity contribution in [2.45, 2.75) is 38.8 Å². The van der Waals surface area contributed by atoms with Gasteiger partial charge in [-0.05, 0) is 54.7 Å². The van der Waals surface area contributed by atoms with Crippen LogP contribution in [-0.4, -0.2) is 27.4 Å². The smallest absolute Gasteiger partial charge is 0.231 e. The van der Waals surface area contributed by atoms with Gasteiger partial charge in [-0.25, -0.2) is 0 Å². The summed E-state index contributed by atoms with van der Waals surface area (Å²) in [6.45, 7) is 1.12. The van der Waals surface area contributed by atoms with E-state index in [1.165, 1.54) is 11.3 Å². The summed E-state index contributed by atoms with van der Waals surface area (Å²) in [5, 5.41) is 4.69. The summed E-state index contributed by atoms with van der Waals surface area (Å²) in [5.74, 6) is 2.20. The molecule has 29 heavy (non-hydrogen) atoms. The molecule has 0 atom stereocenters. The fourth-order valence-corrected chi connectivity index (χ4v) is 4.17. The topological polar surface area (TPSA) is 69.7 Å². The number of aryl methyl sites for hydroxylation is 1. The SMILES string of the molecule is Cn1nc(CN(Cc2ccco2)C(=O)Cc2ccc3c(c2)OCO3)c2c1CCC2. The predicted octanol–water partition coefficient (Wildman–Crippen LogP) is 3.00. The van der Waals surface area contributed by atoms with Crippen LogP contribution >= 0.6 is 0 Å². The molecule has 7 heteroatoms. The zero-order valence-corrected chi connectivity index (χ0v) is 16.4. The fourth-order valence-electron chi connectivity index (χ4n) is 4.17. The summed E-state index contributed by atoms with van der Waals surface area (Å²) in [7, 11) is 1.99. The highest BCUT2D eigenvalue weighted by Crippen LogP contribution is 2.33. The Kier molecular flexibility index (Phi) is 4.50. The Bertz CT molecular complexity index is 1040. The summed E-state index contributed by atoms with van der Waals surface area (Å²) in [4.78, 5) is 15.1. The van der Waals surface area contributed by atoms with Crippen molar-refractivity contribution in [2.75, 3.05) is 6.79 Å². The van der Waals surface area contributed by atoms with Gasteiger partial charge in [-0.1, -0.05) is 6.07 Å². The van der Waals surface area contributed by atoms with Gasteiger partial charge in [-0.15, -0.1) is 0 Å². The van der Waals surface area contributed by atoms with E-state index in [-0.39, 0.29) is 19.1 Å². The molecule has 1 aliphatic carbocycles. The molecule has 1 amide bonds. The lowest BCUT2D eigenvalue weighted by atomic mass is 10.1. The number of aromatic nitrogens is 2. The van der Waals surface area contributed by atoms with Crippen molar-refractivity contribution in [1.82, 2.24) is 14.7 Å². The fraction of sp³-hybridized carbons (Fsp3) is 0.364. The molecule has 7 nitrogen and oxygen atoms in total. The van der Waals surface area contributed by atoms with E-state index in [1.54, 1.807) is 6.26 Å². The molecule has 3 heterocycles. The monoisotopic (exact) mass is 393 g/mol. The first-order chi connectivity index (χ1) is 14.2. The zero-order valence-electron chi connectivity index (χ0n) is 16.4. The molecule has 0 saturated carbocycles. The lowest BCUT2D eigenvalue weighted by Crippen LogP contribution is -2.31. The summed E-state index contributed by atoms with van der Waals surface area (Å²) in [5.41, 5.74) is 4.48. The van der Waals surface area contributed by atoms with Crippen molar-refractivity contribution in [3.63, 3.8) is 0 Å². The molecular formula is C22H23N3O4. The van der Waals surface area contributed by atoms with Gasteiger partial charge < -0.3 is 18.8 Å². The highest BCUT2D eigenvalue weighted by molar-refractivity contribution is 5.79. The lowest BCUT2D eigenvalue weighted by Gasteiger charge is -2.21. The van der Waals surface area contributed by atoms with Gasteiger partial charge in [0, 0.05) is 12.7 Å². The second kappa shape index (κ2) is 7.31. The zero-order chi connectivity index (χ0) is 19.8. The molecule has 1 aliphatic heterocycles. The van der Waals surface area contributed by atoms with Crippen molar-refractivity contribution in [2.24, 2.45) is 7.05 Å². The standard InChI is InChI=1S/C22H23N3O4/c1-24-19-6-2-5-17(19)18(23-24)13-25(12-16-4-3-9-27-16)22(26)11-15-7-8-20-21(10-15)29-14-28-20/h3-4,7-10H,2,5-6,11-14H2,1H3. The molecule has 1 aromatic carbocycles. The molecule has 0 N–H and O–H groups in total. The van der Waals surface area contributed by atoms with Crippen molar-refractivity contribution in [1.29, 1.82) is 0 Å². The third-order valence-electron chi connectivity index (χ3n) is 5.61. The Labute approximate surface area is 168 Å². The molecule has 0 unspecified atom stereocenters. The number of furan rings is 1. The van der Waals surface area contributed by atoms with E-state index >= 15 is 0 Å². The van der Waals surface area contributed by atoms with Gasteiger partial charge in [0.25, 0.3) is 0 Å². The Morgan fingerprint density at radius 3 is 2.93 bits per heavy atom. The number of hydrogen-bond donors (Lipinski definition) is 0. The maximum atomic E-state index is 13.2. The van der Waals surface area contributed by atoms with Crippen LogP contribution in [0.5, 0.6) is 11.5 Å². The Balaban J connectivity index is 1.38. The van der Waals surface area contributed by atoms with Crippen LogP contribution in [0.25, 0.3) is 0 Å². The third-order valence-corrected chi connectivity index (χ3v) is 5.61. The molecule has 0 saturated heterocycles. The van der Waals surface area contributed by atoms with Gasteiger partial charge in [-0.3, -0.25) is 9.48 Å². The van der Waals surface area contributed by atoms with Crippen LogP contribution in [0.1, 0.15) is 34.7 Å². The summed E-state index contributed by atoms with van der Waals surface area (Å²) in [6.07, 6.45) is 5.16. The molecule has 0 radical (unpaired) electrons. The number of rotatable bonds is 6. The van der Waals surface area contributed by atoms with Gasteiger partial charge >= 0.3 is 0 Å². The number of carbonyl (C=O) groups is 1. The predicted molar refractivity (Wildman–Crippen MR) is 104 cm³/mol. The Morgan fingerprint density at radius 1 is 1.17 bits per heavy atom. The number of ether oxygens (including phenoxy) is 2. The quantitative estimate of drug-likeness (QED) is 0.644. The largest absolute Gasteiger partial charge is 0.467 e. The van der Waals surface area contributed by atoms with E-state index < -0.39 is 0 Å². The highest BCUT2D eigenvalue weighted by atomic mass is 16.7. The van der Waals surface area contributed by atoms with Crippen molar-refractivity contribution in [3.05, 3.63) is 64.9 Å². The molecule has 2 aromatic heterocycles. The van der Waals surface area contributed by atoms with Crippen LogP contribution in [0.15, 0.2) is 41.0 Å². The first-order valence-electron chi connectivity index (χ1n) is 9.89. The van der Waals surface area contributed by atoms with Crippen molar-refractivity contribution in [3.8, 4) is 11.5 Å². The van der Waals surface area contributed by atoms with E-state index in [2.05, 4.69) is 0 Å². The van der Waals surface area contributed by atoms with E-state index in [9.17, 15) is 4.79 Å². The number of amides is 1. The second-order valence-corrected chi connectivity index (χ2v) is 7.54. The van der Waals surface area contributed by atoms with Crippen LogP contribution in [-0.2, 0) is 44.2 Å². The molecule has 3 aromatic rings. The molecule has 150 valence electrons.